The molecule has 0 bridgehead atoms. The lowest BCUT2D eigenvalue weighted by Crippen LogP contribution is -2.34. The third kappa shape index (κ3) is 5.56. The van der Waals surface area contributed by atoms with Crippen LogP contribution in [0, 0.1) is 6.92 Å². The number of carbonyl (C=O) groups excluding carboxylic acids is 1. The number of thioether (sulfide) groups is 1. The Hall–Kier alpha value is -1.00. The summed E-state index contributed by atoms with van der Waals surface area (Å²) in [6.07, 6.45) is 0. The summed E-state index contributed by atoms with van der Waals surface area (Å²) in [4.78, 5) is 16.9. The summed E-state index contributed by atoms with van der Waals surface area (Å²) in [5.41, 5.74) is 1.24. The van der Waals surface area contributed by atoms with Crippen LogP contribution in [0.3, 0.4) is 0 Å². The normalized spacial score (nSPS) is 10.7. The molecule has 1 rings (SSSR count). The molecule has 0 N–H and O–H groups in total. The molecule has 0 aliphatic heterocycles. The highest BCUT2D eigenvalue weighted by molar-refractivity contribution is 8.00. The molecule has 0 aromatic heterocycles. The Morgan fingerprint density at radius 2 is 1.72 bits per heavy atom. The molecule has 1 amide bonds. The van der Waals surface area contributed by atoms with Gasteiger partial charge in [-0.3, -0.25) is 4.79 Å². The van der Waals surface area contributed by atoms with E-state index in [0.29, 0.717) is 5.75 Å². The van der Waals surface area contributed by atoms with E-state index in [2.05, 4.69) is 36.1 Å². The lowest BCUT2D eigenvalue weighted by Gasteiger charge is -2.19. The van der Waals surface area contributed by atoms with Crippen LogP contribution in [0.2, 0.25) is 0 Å². The Bertz CT molecular complexity index is 376. The molecule has 4 heteroatoms. The summed E-state index contributed by atoms with van der Waals surface area (Å²) < 4.78 is 0. The smallest absolute Gasteiger partial charge is 0.232 e. The van der Waals surface area contributed by atoms with Crippen molar-refractivity contribution in [3.05, 3.63) is 29.8 Å². The van der Waals surface area contributed by atoms with E-state index in [1.165, 1.54) is 5.56 Å². The van der Waals surface area contributed by atoms with Crippen LogP contribution in [0.15, 0.2) is 29.2 Å². The number of hydrogen-bond acceptors (Lipinski definition) is 3. The van der Waals surface area contributed by atoms with Gasteiger partial charge in [0.15, 0.2) is 0 Å². The van der Waals surface area contributed by atoms with Crippen molar-refractivity contribution in [2.24, 2.45) is 0 Å². The largest absolute Gasteiger partial charge is 0.344 e. The van der Waals surface area contributed by atoms with Gasteiger partial charge in [0.1, 0.15) is 0 Å². The van der Waals surface area contributed by atoms with E-state index in [-0.39, 0.29) is 5.91 Å². The number of benzene rings is 1. The van der Waals surface area contributed by atoms with Gasteiger partial charge in [-0.1, -0.05) is 17.7 Å². The molecule has 0 fully saturated rings. The molecule has 3 nitrogen and oxygen atoms in total. The summed E-state index contributed by atoms with van der Waals surface area (Å²) in [6, 6.07) is 8.27. The quantitative estimate of drug-likeness (QED) is 0.737. The van der Waals surface area contributed by atoms with Crippen LogP contribution in [0.5, 0.6) is 0 Å². The van der Waals surface area contributed by atoms with Crippen LogP contribution in [0.1, 0.15) is 5.56 Å². The van der Waals surface area contributed by atoms with Crippen molar-refractivity contribution in [1.82, 2.24) is 9.80 Å². The van der Waals surface area contributed by atoms with E-state index in [9.17, 15) is 4.79 Å². The van der Waals surface area contributed by atoms with E-state index in [1.54, 1.807) is 16.7 Å². The standard InChI is InChI=1S/C14H22N2OS/c1-12-5-7-13(8-6-12)18-11-14(17)16(4)10-9-15(2)3/h5-8H,9-11H2,1-4H3. The van der Waals surface area contributed by atoms with Crippen molar-refractivity contribution in [2.75, 3.05) is 40.0 Å². The van der Waals surface area contributed by atoms with E-state index in [4.69, 9.17) is 0 Å². The topological polar surface area (TPSA) is 23.6 Å². The first-order chi connectivity index (χ1) is 8.49. The van der Waals surface area contributed by atoms with Crippen molar-refractivity contribution >= 4 is 17.7 Å². The maximum Gasteiger partial charge on any atom is 0.232 e. The highest BCUT2D eigenvalue weighted by Gasteiger charge is 2.09. The number of nitrogens with zero attached hydrogens (tertiary/aromatic N) is 2. The summed E-state index contributed by atoms with van der Waals surface area (Å²) in [5, 5.41) is 0. The third-order valence-electron chi connectivity index (χ3n) is 2.69. The second-order valence-corrected chi connectivity index (χ2v) is 5.77. The molecular weight excluding hydrogens is 244 g/mol. The summed E-state index contributed by atoms with van der Waals surface area (Å²) >= 11 is 1.60. The molecule has 18 heavy (non-hydrogen) atoms. The Labute approximate surface area is 114 Å². The van der Waals surface area contributed by atoms with Crippen LogP contribution in [-0.2, 0) is 4.79 Å². The molecule has 1 aromatic rings. The van der Waals surface area contributed by atoms with E-state index < -0.39 is 0 Å². The fourth-order valence-electron chi connectivity index (χ4n) is 1.36. The van der Waals surface area contributed by atoms with Crippen molar-refractivity contribution in [3.63, 3.8) is 0 Å². The average Bonchev–Trinajstić information content (AvgIpc) is 2.34. The van der Waals surface area contributed by atoms with Gasteiger partial charge >= 0.3 is 0 Å². The van der Waals surface area contributed by atoms with Gasteiger partial charge in [-0.2, -0.15) is 0 Å². The minimum absolute atomic E-state index is 0.183. The number of hydrogen-bond donors (Lipinski definition) is 0. The zero-order valence-electron chi connectivity index (χ0n) is 11.6. The van der Waals surface area contributed by atoms with Crippen molar-refractivity contribution in [3.8, 4) is 0 Å². The molecule has 0 unspecified atom stereocenters. The second-order valence-electron chi connectivity index (χ2n) is 4.72. The van der Waals surface area contributed by atoms with Crippen molar-refractivity contribution in [2.45, 2.75) is 11.8 Å². The van der Waals surface area contributed by atoms with Crippen LogP contribution >= 0.6 is 11.8 Å². The summed E-state index contributed by atoms with van der Waals surface area (Å²) in [7, 11) is 5.89. The fraction of sp³-hybridized carbons (Fsp3) is 0.500. The molecule has 0 aliphatic carbocycles. The fourth-order valence-corrected chi connectivity index (χ4v) is 2.20. The summed E-state index contributed by atoms with van der Waals surface area (Å²) in [5.74, 6) is 0.690. The highest BCUT2D eigenvalue weighted by Crippen LogP contribution is 2.18. The molecule has 0 spiro atoms. The van der Waals surface area contributed by atoms with Crippen molar-refractivity contribution < 1.29 is 4.79 Å². The number of carbonyl (C=O) groups is 1. The van der Waals surface area contributed by atoms with Gasteiger partial charge in [-0.15, -0.1) is 11.8 Å². The predicted octanol–water partition coefficient (Wildman–Crippen LogP) is 2.11. The molecule has 1 aromatic carbocycles. The lowest BCUT2D eigenvalue weighted by atomic mass is 10.2. The Kier molecular flexibility index (Phi) is 6.22. The molecule has 100 valence electrons. The Morgan fingerprint density at radius 1 is 1.11 bits per heavy atom. The Balaban J connectivity index is 2.34. The van der Waals surface area contributed by atoms with Crippen LogP contribution in [0.4, 0.5) is 0 Å². The number of aryl methyl sites for hydroxylation is 1. The zero-order valence-corrected chi connectivity index (χ0v) is 12.5. The number of rotatable bonds is 6. The number of amides is 1. The van der Waals surface area contributed by atoms with Crippen LogP contribution in [0.25, 0.3) is 0 Å². The maximum atomic E-state index is 11.9. The SMILES string of the molecule is Cc1ccc(SCC(=O)N(C)CCN(C)C)cc1. The first-order valence-corrected chi connectivity index (χ1v) is 7.06. The van der Waals surface area contributed by atoms with Gasteiger partial charge in [0.25, 0.3) is 0 Å². The average molecular weight is 266 g/mol. The lowest BCUT2D eigenvalue weighted by molar-refractivity contribution is -0.127. The van der Waals surface area contributed by atoms with E-state index in [0.717, 1.165) is 18.0 Å². The van der Waals surface area contributed by atoms with E-state index >= 15 is 0 Å². The van der Waals surface area contributed by atoms with Gasteiger partial charge in [-0.25, -0.2) is 0 Å². The highest BCUT2D eigenvalue weighted by atomic mass is 32.2. The Morgan fingerprint density at radius 3 is 2.28 bits per heavy atom. The second kappa shape index (κ2) is 7.44. The molecule has 0 heterocycles. The molecule has 0 saturated heterocycles. The van der Waals surface area contributed by atoms with Crippen LogP contribution in [-0.4, -0.2) is 55.7 Å². The predicted molar refractivity (Wildman–Crippen MR) is 78.1 cm³/mol. The van der Waals surface area contributed by atoms with Gasteiger partial charge in [0, 0.05) is 25.0 Å². The monoisotopic (exact) mass is 266 g/mol. The minimum Gasteiger partial charge on any atom is -0.344 e. The first-order valence-electron chi connectivity index (χ1n) is 6.07. The van der Waals surface area contributed by atoms with Crippen molar-refractivity contribution in [1.29, 1.82) is 0 Å². The van der Waals surface area contributed by atoms with Gasteiger partial charge in [0.05, 0.1) is 5.75 Å². The molecule has 0 atom stereocenters. The van der Waals surface area contributed by atoms with E-state index in [1.807, 2.05) is 21.1 Å². The molecule has 0 aliphatic rings. The third-order valence-corrected chi connectivity index (χ3v) is 3.69. The van der Waals surface area contributed by atoms with Gasteiger partial charge in [0.2, 0.25) is 5.91 Å². The summed E-state index contributed by atoms with van der Waals surface area (Å²) in [6.45, 7) is 3.74. The maximum absolute atomic E-state index is 11.9. The minimum atomic E-state index is 0.183. The van der Waals surface area contributed by atoms with Gasteiger partial charge < -0.3 is 9.80 Å². The van der Waals surface area contributed by atoms with Crippen LogP contribution < -0.4 is 0 Å². The molecule has 0 radical (unpaired) electrons. The zero-order chi connectivity index (χ0) is 13.5. The molecule has 0 saturated carbocycles. The first kappa shape index (κ1) is 15.1. The van der Waals surface area contributed by atoms with Gasteiger partial charge in [-0.05, 0) is 33.2 Å². The number of likely N-dealkylation sites (N-methyl/N-ethyl adjacent to an activating group) is 2. The molecular formula is C14H22N2OS.